The molecule has 0 fully saturated rings. The van der Waals surface area contributed by atoms with Crippen LogP contribution in [0.3, 0.4) is 0 Å². The quantitative estimate of drug-likeness (QED) is 0.725. The van der Waals surface area contributed by atoms with Gasteiger partial charge in [-0.05, 0) is 37.0 Å². The van der Waals surface area contributed by atoms with E-state index in [1.807, 2.05) is 17.4 Å². The van der Waals surface area contributed by atoms with Gasteiger partial charge in [0.05, 0.1) is 0 Å². The fraction of sp³-hybridized carbons (Fsp3) is 0.353. The summed E-state index contributed by atoms with van der Waals surface area (Å²) < 4.78 is 0. The van der Waals surface area contributed by atoms with Crippen LogP contribution < -0.4 is 0 Å². The first kappa shape index (κ1) is 14.8. The second kappa shape index (κ2) is 7.85. The molecule has 0 aliphatic heterocycles. The highest BCUT2D eigenvalue weighted by Gasteiger charge is 2.02. The van der Waals surface area contributed by atoms with E-state index in [0.29, 0.717) is 6.42 Å². The average molecular weight is 288 g/mol. The number of aryl methyl sites for hydroxylation is 1. The number of unbranched alkanes of at least 4 members (excludes halogenated alkanes) is 2. The van der Waals surface area contributed by atoms with E-state index in [2.05, 4.69) is 36.4 Å². The lowest BCUT2D eigenvalue weighted by atomic mass is 10.1. The minimum atomic E-state index is -0.689. The highest BCUT2D eigenvalue weighted by atomic mass is 32.1. The molecule has 0 spiro atoms. The predicted molar refractivity (Wildman–Crippen MR) is 83.4 cm³/mol. The number of hydrogen-bond acceptors (Lipinski definition) is 2. The summed E-state index contributed by atoms with van der Waals surface area (Å²) in [5.41, 5.74) is 1.35. The molecule has 0 saturated heterocycles. The maximum atomic E-state index is 10.4. The Bertz CT molecular complexity index is 531. The van der Waals surface area contributed by atoms with E-state index in [1.54, 1.807) is 0 Å². The molecule has 1 heterocycles. The normalized spacial score (nSPS) is 10.6. The second-order valence-electron chi connectivity index (χ2n) is 4.98. The van der Waals surface area contributed by atoms with Gasteiger partial charge in [-0.3, -0.25) is 4.79 Å². The summed E-state index contributed by atoms with van der Waals surface area (Å²) in [4.78, 5) is 13.2. The van der Waals surface area contributed by atoms with Crippen LogP contribution in [-0.4, -0.2) is 11.1 Å². The van der Waals surface area contributed by atoms with Crippen LogP contribution in [0.1, 0.15) is 41.0 Å². The van der Waals surface area contributed by atoms with Crippen molar-refractivity contribution in [1.82, 2.24) is 0 Å². The lowest BCUT2D eigenvalue weighted by molar-refractivity contribution is -0.137. The predicted octanol–water partition coefficient (Wildman–Crippen LogP) is 4.53. The van der Waals surface area contributed by atoms with Gasteiger partial charge in [-0.15, -0.1) is 11.3 Å². The highest BCUT2D eigenvalue weighted by Crippen LogP contribution is 2.21. The van der Waals surface area contributed by atoms with Gasteiger partial charge in [0.15, 0.2) is 0 Å². The molecule has 2 rings (SSSR count). The fourth-order valence-electron chi connectivity index (χ4n) is 2.20. The average Bonchev–Trinajstić information content (AvgIpc) is 2.87. The second-order valence-corrected chi connectivity index (χ2v) is 6.24. The number of benzene rings is 1. The van der Waals surface area contributed by atoms with E-state index in [1.165, 1.54) is 15.3 Å². The number of aliphatic carboxylic acids is 1. The van der Waals surface area contributed by atoms with Crippen molar-refractivity contribution in [2.45, 2.75) is 38.5 Å². The number of rotatable bonds is 8. The first-order chi connectivity index (χ1) is 9.74. The van der Waals surface area contributed by atoms with Crippen molar-refractivity contribution in [3.63, 3.8) is 0 Å². The van der Waals surface area contributed by atoms with Crippen LogP contribution in [-0.2, 0) is 17.6 Å². The van der Waals surface area contributed by atoms with Crippen LogP contribution in [0.5, 0.6) is 0 Å². The zero-order valence-corrected chi connectivity index (χ0v) is 12.4. The van der Waals surface area contributed by atoms with Gasteiger partial charge in [0, 0.05) is 22.6 Å². The van der Waals surface area contributed by atoms with Crippen molar-refractivity contribution in [2.75, 3.05) is 0 Å². The molecule has 0 aliphatic carbocycles. The van der Waals surface area contributed by atoms with Crippen molar-refractivity contribution in [1.29, 1.82) is 0 Å². The number of carbonyl (C=O) groups is 1. The highest BCUT2D eigenvalue weighted by molar-refractivity contribution is 7.12. The van der Waals surface area contributed by atoms with Gasteiger partial charge in [-0.2, -0.15) is 0 Å². The van der Waals surface area contributed by atoms with Gasteiger partial charge in [-0.1, -0.05) is 36.8 Å². The van der Waals surface area contributed by atoms with Crippen LogP contribution in [0.25, 0.3) is 0 Å². The van der Waals surface area contributed by atoms with Crippen molar-refractivity contribution < 1.29 is 9.90 Å². The molecule has 2 aromatic rings. The molecular formula is C17H20O2S. The molecule has 0 aliphatic rings. The van der Waals surface area contributed by atoms with Gasteiger partial charge < -0.3 is 5.11 Å². The van der Waals surface area contributed by atoms with Crippen LogP contribution in [0, 0.1) is 0 Å². The topological polar surface area (TPSA) is 37.3 Å². The Morgan fingerprint density at radius 3 is 2.45 bits per heavy atom. The van der Waals surface area contributed by atoms with Crippen molar-refractivity contribution in [3.8, 4) is 0 Å². The Labute approximate surface area is 124 Å². The summed E-state index contributed by atoms with van der Waals surface area (Å²) in [6, 6.07) is 14.9. The summed E-state index contributed by atoms with van der Waals surface area (Å²) in [6.45, 7) is 0. The molecule has 106 valence electrons. The summed E-state index contributed by atoms with van der Waals surface area (Å²) in [6.07, 6.45) is 5.24. The molecule has 20 heavy (non-hydrogen) atoms. The molecule has 0 atom stereocenters. The standard InChI is InChI=1S/C17H20O2S/c18-17(19)10-6-2-5-9-15-11-12-16(20-15)13-14-7-3-1-4-8-14/h1,3-4,7-8,11-12H,2,5-6,9-10,13H2,(H,18,19). The number of carboxylic acid groups (broad SMARTS) is 1. The Morgan fingerprint density at radius 1 is 0.950 bits per heavy atom. The van der Waals surface area contributed by atoms with Gasteiger partial charge in [0.1, 0.15) is 0 Å². The third-order valence-corrected chi connectivity index (χ3v) is 4.40. The molecule has 1 aromatic carbocycles. The van der Waals surface area contributed by atoms with E-state index in [4.69, 9.17) is 5.11 Å². The fourth-order valence-corrected chi connectivity index (χ4v) is 3.30. The zero-order valence-electron chi connectivity index (χ0n) is 11.5. The maximum absolute atomic E-state index is 10.4. The summed E-state index contributed by atoms with van der Waals surface area (Å²) in [7, 11) is 0. The minimum Gasteiger partial charge on any atom is -0.481 e. The first-order valence-electron chi connectivity index (χ1n) is 7.07. The molecule has 3 heteroatoms. The largest absolute Gasteiger partial charge is 0.481 e. The van der Waals surface area contributed by atoms with Gasteiger partial charge in [-0.25, -0.2) is 0 Å². The van der Waals surface area contributed by atoms with Crippen LogP contribution >= 0.6 is 11.3 Å². The smallest absolute Gasteiger partial charge is 0.303 e. The summed E-state index contributed by atoms with van der Waals surface area (Å²) >= 11 is 1.88. The van der Waals surface area contributed by atoms with Crippen LogP contribution in [0.4, 0.5) is 0 Å². The Balaban J connectivity index is 1.73. The van der Waals surface area contributed by atoms with Gasteiger partial charge in [0.2, 0.25) is 0 Å². The van der Waals surface area contributed by atoms with Gasteiger partial charge in [0.25, 0.3) is 0 Å². The molecule has 1 aromatic heterocycles. The van der Waals surface area contributed by atoms with Gasteiger partial charge >= 0.3 is 5.97 Å². The monoisotopic (exact) mass is 288 g/mol. The molecule has 1 N–H and O–H groups in total. The zero-order chi connectivity index (χ0) is 14.2. The van der Waals surface area contributed by atoms with Crippen LogP contribution in [0.2, 0.25) is 0 Å². The van der Waals surface area contributed by atoms with E-state index >= 15 is 0 Å². The van der Waals surface area contributed by atoms with E-state index in [0.717, 1.165) is 32.1 Å². The van der Waals surface area contributed by atoms with E-state index < -0.39 is 5.97 Å². The van der Waals surface area contributed by atoms with Crippen molar-refractivity contribution >= 4 is 17.3 Å². The Kier molecular flexibility index (Phi) is 5.81. The third-order valence-electron chi connectivity index (χ3n) is 3.25. The van der Waals surface area contributed by atoms with Crippen molar-refractivity contribution in [3.05, 3.63) is 57.8 Å². The minimum absolute atomic E-state index is 0.295. The van der Waals surface area contributed by atoms with E-state index in [-0.39, 0.29) is 0 Å². The summed E-state index contributed by atoms with van der Waals surface area (Å²) in [5.74, 6) is -0.689. The molecule has 0 amide bonds. The molecule has 2 nitrogen and oxygen atoms in total. The lowest BCUT2D eigenvalue weighted by Gasteiger charge is -1.98. The van der Waals surface area contributed by atoms with Crippen LogP contribution in [0.15, 0.2) is 42.5 Å². The van der Waals surface area contributed by atoms with E-state index in [9.17, 15) is 4.79 Å². The maximum Gasteiger partial charge on any atom is 0.303 e. The molecular weight excluding hydrogens is 268 g/mol. The number of carboxylic acids is 1. The first-order valence-corrected chi connectivity index (χ1v) is 7.89. The Hall–Kier alpha value is -1.61. The number of hydrogen-bond donors (Lipinski definition) is 1. The molecule has 0 saturated carbocycles. The molecule has 0 radical (unpaired) electrons. The summed E-state index contributed by atoms with van der Waals surface area (Å²) in [5, 5.41) is 8.58. The molecule has 0 bridgehead atoms. The SMILES string of the molecule is O=C(O)CCCCCc1ccc(Cc2ccccc2)s1. The third kappa shape index (κ3) is 5.17. The number of thiophene rings is 1. The lowest BCUT2D eigenvalue weighted by Crippen LogP contribution is -1.93. The molecule has 0 unspecified atom stereocenters. The van der Waals surface area contributed by atoms with Crippen molar-refractivity contribution in [2.24, 2.45) is 0 Å². The Morgan fingerprint density at radius 2 is 1.70 bits per heavy atom.